The Bertz CT molecular complexity index is 563. The van der Waals surface area contributed by atoms with Crippen LogP contribution in [0.1, 0.15) is 37.3 Å². The van der Waals surface area contributed by atoms with Crippen molar-refractivity contribution in [3.05, 3.63) is 29.8 Å². The van der Waals surface area contributed by atoms with Crippen molar-refractivity contribution >= 4 is 5.91 Å². The van der Waals surface area contributed by atoms with Crippen LogP contribution in [0.3, 0.4) is 0 Å². The van der Waals surface area contributed by atoms with E-state index in [0.717, 1.165) is 37.1 Å². The molecular formula is C17H23N3O2. The Kier molecular flexibility index (Phi) is 3.76. The normalized spacial score (nSPS) is 33.5. The van der Waals surface area contributed by atoms with Gasteiger partial charge < -0.3 is 10.1 Å². The maximum atomic E-state index is 12.8. The van der Waals surface area contributed by atoms with Gasteiger partial charge in [-0.2, -0.15) is 0 Å². The lowest BCUT2D eigenvalue weighted by atomic mass is 9.76. The van der Waals surface area contributed by atoms with E-state index in [1.807, 2.05) is 18.2 Å². The van der Waals surface area contributed by atoms with E-state index in [2.05, 4.69) is 22.2 Å². The number of benzene rings is 1. The van der Waals surface area contributed by atoms with Crippen molar-refractivity contribution in [2.45, 2.75) is 37.8 Å². The van der Waals surface area contributed by atoms with Crippen LogP contribution in [0.5, 0.6) is 5.75 Å². The van der Waals surface area contributed by atoms with Crippen molar-refractivity contribution in [3.63, 3.8) is 0 Å². The van der Waals surface area contributed by atoms with Gasteiger partial charge in [0.05, 0.1) is 12.6 Å². The van der Waals surface area contributed by atoms with Gasteiger partial charge >= 0.3 is 0 Å². The average molecular weight is 301 g/mol. The van der Waals surface area contributed by atoms with E-state index in [-0.39, 0.29) is 17.9 Å². The Labute approximate surface area is 130 Å². The van der Waals surface area contributed by atoms with E-state index >= 15 is 0 Å². The van der Waals surface area contributed by atoms with Gasteiger partial charge in [0.1, 0.15) is 5.75 Å². The molecule has 2 aliphatic heterocycles. The molecule has 4 rings (SSSR count). The second kappa shape index (κ2) is 5.89. The molecule has 1 amide bonds. The monoisotopic (exact) mass is 301 g/mol. The number of nitrogens with one attached hydrogen (secondary N) is 3. The summed E-state index contributed by atoms with van der Waals surface area (Å²) in [4.78, 5) is 12.8. The molecule has 0 spiro atoms. The molecule has 0 bridgehead atoms. The van der Waals surface area contributed by atoms with Gasteiger partial charge in [0.2, 0.25) is 5.91 Å². The predicted molar refractivity (Wildman–Crippen MR) is 83.2 cm³/mol. The van der Waals surface area contributed by atoms with Crippen LogP contribution in [-0.4, -0.2) is 25.1 Å². The van der Waals surface area contributed by atoms with Gasteiger partial charge in [-0.05, 0) is 18.9 Å². The molecule has 1 saturated heterocycles. The van der Waals surface area contributed by atoms with E-state index in [0.29, 0.717) is 18.6 Å². The van der Waals surface area contributed by atoms with Crippen molar-refractivity contribution in [3.8, 4) is 5.75 Å². The predicted octanol–water partition coefficient (Wildman–Crippen LogP) is 1.52. The van der Waals surface area contributed by atoms with Crippen LogP contribution in [0.25, 0.3) is 0 Å². The van der Waals surface area contributed by atoms with Crippen LogP contribution < -0.4 is 20.9 Å². The number of hydrogen-bond acceptors (Lipinski definition) is 4. The number of fused-ring (bicyclic) bond motifs is 2. The molecule has 0 aromatic heterocycles. The highest BCUT2D eigenvalue weighted by molar-refractivity contribution is 5.80. The fourth-order valence-corrected chi connectivity index (χ4v) is 4.13. The summed E-state index contributed by atoms with van der Waals surface area (Å²) in [5, 5.41) is 3.28. The number of carbonyl (C=O) groups is 1. The highest BCUT2D eigenvalue weighted by Crippen LogP contribution is 2.35. The summed E-state index contributed by atoms with van der Waals surface area (Å²) in [6.45, 7) is 1.56. The van der Waals surface area contributed by atoms with Crippen molar-refractivity contribution < 1.29 is 9.53 Å². The Hall–Kier alpha value is -1.59. The molecule has 1 aromatic rings. The maximum absolute atomic E-state index is 12.8. The van der Waals surface area contributed by atoms with Gasteiger partial charge in [0, 0.05) is 36.4 Å². The summed E-state index contributed by atoms with van der Waals surface area (Å²) in [5.74, 6) is 1.66. The molecule has 118 valence electrons. The van der Waals surface area contributed by atoms with Crippen molar-refractivity contribution in [2.24, 2.45) is 11.8 Å². The van der Waals surface area contributed by atoms with E-state index in [4.69, 9.17) is 4.74 Å². The van der Waals surface area contributed by atoms with Crippen LogP contribution in [0, 0.1) is 11.8 Å². The Morgan fingerprint density at radius 2 is 2.14 bits per heavy atom. The standard InChI is InChI=1S/C17H23N3O2/c21-17(11-5-3-6-15-13(11)10-18-20-15)19-14-8-9-22-16-7-2-1-4-12(14)16/h1-2,4,7,11,13-15,18,20H,3,5-6,8-10H2,(H,19,21). The fourth-order valence-electron chi connectivity index (χ4n) is 4.13. The molecular weight excluding hydrogens is 278 g/mol. The van der Waals surface area contributed by atoms with Gasteiger partial charge in [0.15, 0.2) is 0 Å². The van der Waals surface area contributed by atoms with Gasteiger partial charge in [-0.3, -0.25) is 15.6 Å². The number of para-hydroxylation sites is 1. The lowest BCUT2D eigenvalue weighted by Gasteiger charge is -2.34. The zero-order valence-corrected chi connectivity index (χ0v) is 12.7. The van der Waals surface area contributed by atoms with E-state index < -0.39 is 0 Å². The van der Waals surface area contributed by atoms with Gasteiger partial charge in [-0.15, -0.1) is 0 Å². The van der Waals surface area contributed by atoms with Crippen LogP contribution >= 0.6 is 0 Å². The van der Waals surface area contributed by atoms with Crippen molar-refractivity contribution in [1.82, 2.24) is 16.2 Å². The molecule has 1 saturated carbocycles. The highest BCUT2D eigenvalue weighted by atomic mass is 16.5. The lowest BCUT2D eigenvalue weighted by molar-refractivity contribution is -0.128. The minimum atomic E-state index is 0.0835. The number of carbonyl (C=O) groups excluding carboxylic acids is 1. The molecule has 5 nitrogen and oxygen atoms in total. The first-order valence-corrected chi connectivity index (χ1v) is 8.33. The SMILES string of the molecule is O=C(NC1CCOc2ccccc21)C1CCCC2NNCC21. The number of rotatable bonds is 2. The smallest absolute Gasteiger partial charge is 0.223 e. The Balaban J connectivity index is 1.48. The zero-order valence-electron chi connectivity index (χ0n) is 12.7. The average Bonchev–Trinajstić information content (AvgIpc) is 3.03. The molecule has 4 atom stereocenters. The maximum Gasteiger partial charge on any atom is 0.223 e. The van der Waals surface area contributed by atoms with Crippen LogP contribution in [0.4, 0.5) is 0 Å². The zero-order chi connectivity index (χ0) is 14.9. The van der Waals surface area contributed by atoms with E-state index in [1.165, 1.54) is 6.42 Å². The third-order valence-electron chi connectivity index (χ3n) is 5.30. The van der Waals surface area contributed by atoms with Crippen molar-refractivity contribution in [1.29, 1.82) is 0 Å². The fraction of sp³-hybridized carbons (Fsp3) is 0.588. The van der Waals surface area contributed by atoms with E-state index in [1.54, 1.807) is 0 Å². The molecule has 2 heterocycles. The second-order valence-corrected chi connectivity index (χ2v) is 6.57. The molecule has 4 unspecified atom stereocenters. The molecule has 5 heteroatoms. The second-order valence-electron chi connectivity index (χ2n) is 6.57. The summed E-state index contributed by atoms with van der Waals surface area (Å²) >= 11 is 0. The topological polar surface area (TPSA) is 62.4 Å². The third-order valence-corrected chi connectivity index (χ3v) is 5.30. The van der Waals surface area contributed by atoms with Gasteiger partial charge in [-0.1, -0.05) is 24.6 Å². The molecule has 22 heavy (non-hydrogen) atoms. The van der Waals surface area contributed by atoms with Crippen molar-refractivity contribution in [2.75, 3.05) is 13.2 Å². The summed E-state index contributed by atoms with van der Waals surface area (Å²) in [7, 11) is 0. The van der Waals surface area contributed by atoms with Crippen LogP contribution in [0.2, 0.25) is 0 Å². The largest absolute Gasteiger partial charge is 0.493 e. The summed E-state index contributed by atoms with van der Waals surface area (Å²) in [5.41, 5.74) is 7.64. The Morgan fingerprint density at radius 3 is 3.09 bits per heavy atom. The number of hydrogen-bond donors (Lipinski definition) is 3. The highest BCUT2D eigenvalue weighted by Gasteiger charge is 2.40. The number of hydrazine groups is 1. The molecule has 1 aromatic carbocycles. The van der Waals surface area contributed by atoms with Crippen LogP contribution in [-0.2, 0) is 4.79 Å². The summed E-state index contributed by atoms with van der Waals surface area (Å²) < 4.78 is 5.68. The molecule has 3 aliphatic rings. The lowest BCUT2D eigenvalue weighted by Crippen LogP contribution is -2.45. The van der Waals surface area contributed by atoms with Gasteiger partial charge in [0.25, 0.3) is 0 Å². The summed E-state index contributed by atoms with van der Waals surface area (Å²) in [6.07, 6.45) is 4.14. The molecule has 0 radical (unpaired) electrons. The quantitative estimate of drug-likeness (QED) is 0.775. The van der Waals surface area contributed by atoms with Gasteiger partial charge in [-0.25, -0.2) is 0 Å². The first-order chi connectivity index (χ1) is 10.8. The summed E-state index contributed by atoms with van der Waals surface area (Å²) in [6, 6.07) is 8.56. The Morgan fingerprint density at radius 1 is 1.23 bits per heavy atom. The van der Waals surface area contributed by atoms with Crippen LogP contribution in [0.15, 0.2) is 24.3 Å². The minimum absolute atomic E-state index is 0.0835. The number of ether oxygens (including phenoxy) is 1. The van der Waals surface area contributed by atoms with E-state index in [9.17, 15) is 4.79 Å². The number of amides is 1. The minimum Gasteiger partial charge on any atom is -0.493 e. The molecule has 1 aliphatic carbocycles. The first-order valence-electron chi connectivity index (χ1n) is 8.33. The molecule has 3 N–H and O–H groups in total. The third kappa shape index (κ3) is 2.48. The molecule has 2 fully saturated rings. The first kappa shape index (κ1) is 14.0.